The summed E-state index contributed by atoms with van der Waals surface area (Å²) >= 11 is 0. The Kier molecular flexibility index (Phi) is 4.00. The second-order valence-corrected chi connectivity index (χ2v) is 8.68. The third kappa shape index (κ3) is 3.15. The highest BCUT2D eigenvalue weighted by Crippen LogP contribution is 2.38. The summed E-state index contributed by atoms with van der Waals surface area (Å²) in [7, 11) is 2.18. The number of hydrogen-bond donors (Lipinski definition) is 1. The molecule has 3 aromatic rings. The number of likely N-dealkylation sites (tertiary alicyclic amines) is 1. The molecule has 1 saturated carbocycles. The van der Waals surface area contributed by atoms with Crippen LogP contribution in [0.25, 0.3) is 11.6 Å². The van der Waals surface area contributed by atoms with E-state index in [-0.39, 0.29) is 5.92 Å². The van der Waals surface area contributed by atoms with Crippen LogP contribution in [0.3, 0.4) is 0 Å². The molecule has 0 amide bonds. The number of aromatic nitrogens is 8. The van der Waals surface area contributed by atoms with Crippen LogP contribution >= 0.6 is 0 Å². The van der Waals surface area contributed by atoms with E-state index in [9.17, 15) is 0 Å². The number of aryl methyl sites for hydroxylation is 1. The van der Waals surface area contributed by atoms with Crippen LogP contribution in [-0.2, 0) is 12.8 Å². The van der Waals surface area contributed by atoms with Crippen LogP contribution in [0.15, 0.2) is 4.52 Å². The third-order valence-corrected chi connectivity index (χ3v) is 6.53. The summed E-state index contributed by atoms with van der Waals surface area (Å²) in [6.45, 7) is 2.21. The molecule has 0 aromatic carbocycles. The lowest BCUT2D eigenvalue weighted by Gasteiger charge is -2.30. The molecular formula is C19H25N9O. The van der Waals surface area contributed by atoms with E-state index in [1.54, 1.807) is 0 Å². The van der Waals surface area contributed by atoms with Gasteiger partial charge in [0, 0.05) is 18.3 Å². The third-order valence-electron chi connectivity index (χ3n) is 6.53. The number of hydrogen-bond acceptors (Lipinski definition) is 8. The molecule has 10 nitrogen and oxygen atoms in total. The number of piperidine rings is 1. The van der Waals surface area contributed by atoms with Gasteiger partial charge in [-0.15, -0.1) is 10.2 Å². The van der Waals surface area contributed by atoms with Crippen LogP contribution in [0.4, 0.5) is 0 Å². The minimum atomic E-state index is 0.189. The molecule has 4 heterocycles. The molecule has 0 radical (unpaired) electrons. The van der Waals surface area contributed by atoms with Crippen molar-refractivity contribution in [3.8, 4) is 11.6 Å². The van der Waals surface area contributed by atoms with Crippen LogP contribution in [0, 0.1) is 0 Å². The molecule has 152 valence electrons. The van der Waals surface area contributed by atoms with Gasteiger partial charge in [-0.25, -0.2) is 9.67 Å². The predicted molar refractivity (Wildman–Crippen MR) is 102 cm³/mol. The van der Waals surface area contributed by atoms with E-state index >= 15 is 0 Å². The normalized spacial score (nSPS) is 23.4. The molecule has 2 aliphatic carbocycles. The van der Waals surface area contributed by atoms with Crippen molar-refractivity contribution in [3.63, 3.8) is 0 Å². The fourth-order valence-electron chi connectivity index (χ4n) is 4.55. The van der Waals surface area contributed by atoms with Crippen molar-refractivity contribution in [2.45, 2.75) is 62.8 Å². The van der Waals surface area contributed by atoms with Gasteiger partial charge >= 0.3 is 0 Å². The van der Waals surface area contributed by atoms with E-state index < -0.39 is 0 Å². The van der Waals surface area contributed by atoms with Gasteiger partial charge < -0.3 is 9.42 Å². The molecule has 1 N–H and O–H groups in total. The summed E-state index contributed by atoms with van der Waals surface area (Å²) in [5, 5.41) is 20.4. The molecular weight excluding hydrogens is 370 g/mol. The van der Waals surface area contributed by atoms with Crippen molar-refractivity contribution in [3.05, 3.63) is 23.1 Å². The first-order chi connectivity index (χ1) is 14.2. The van der Waals surface area contributed by atoms with Gasteiger partial charge in [0.25, 0.3) is 0 Å². The summed E-state index contributed by atoms with van der Waals surface area (Å²) < 4.78 is 7.79. The highest BCUT2D eigenvalue weighted by atomic mass is 16.5. The largest absolute Gasteiger partial charge is 0.339 e. The van der Waals surface area contributed by atoms with Crippen molar-refractivity contribution < 1.29 is 4.52 Å². The molecule has 0 bridgehead atoms. The molecule has 0 spiro atoms. The maximum absolute atomic E-state index is 5.62. The number of nitrogens with zero attached hydrogens (tertiary/aromatic N) is 8. The zero-order valence-electron chi connectivity index (χ0n) is 16.6. The number of fused-ring (bicyclic) bond motifs is 1. The number of rotatable bonds is 4. The van der Waals surface area contributed by atoms with E-state index in [0.717, 1.165) is 56.7 Å². The summed E-state index contributed by atoms with van der Waals surface area (Å²) in [6.07, 6.45) is 7.28. The summed E-state index contributed by atoms with van der Waals surface area (Å²) in [4.78, 5) is 11.5. The minimum Gasteiger partial charge on any atom is -0.339 e. The van der Waals surface area contributed by atoms with Gasteiger partial charge in [0.05, 0.1) is 17.4 Å². The molecule has 29 heavy (non-hydrogen) atoms. The summed E-state index contributed by atoms with van der Waals surface area (Å²) in [5.41, 5.74) is 2.37. The Bertz CT molecular complexity index is 1010. The van der Waals surface area contributed by atoms with Gasteiger partial charge in [-0.1, -0.05) is 10.4 Å². The Labute approximate surface area is 168 Å². The smallest absolute Gasteiger partial charge is 0.242 e. The van der Waals surface area contributed by atoms with E-state index in [4.69, 9.17) is 4.52 Å². The standard InChI is InChI=1S/C19H25N9O/c1-27-8-6-13(7-9-27)28-15-10-12(4-5-14(15)22-26-28)19-21-18(25-29-19)17-20-16(23-24-17)11-2-3-11/h11-13H,2-10H2,1H3,(H,20,23,24). The highest BCUT2D eigenvalue weighted by Gasteiger charge is 2.32. The molecule has 3 aliphatic rings. The second-order valence-electron chi connectivity index (χ2n) is 8.68. The maximum atomic E-state index is 5.62. The average molecular weight is 395 g/mol. The fourth-order valence-corrected chi connectivity index (χ4v) is 4.55. The van der Waals surface area contributed by atoms with E-state index in [1.807, 2.05) is 0 Å². The second kappa shape index (κ2) is 6.72. The van der Waals surface area contributed by atoms with Gasteiger partial charge in [0.15, 0.2) is 0 Å². The summed E-state index contributed by atoms with van der Waals surface area (Å²) in [6, 6.07) is 0.438. The van der Waals surface area contributed by atoms with Crippen molar-refractivity contribution >= 4 is 0 Å². The van der Waals surface area contributed by atoms with Crippen LogP contribution in [0.5, 0.6) is 0 Å². The zero-order valence-corrected chi connectivity index (χ0v) is 16.6. The Morgan fingerprint density at radius 1 is 1.00 bits per heavy atom. The van der Waals surface area contributed by atoms with Crippen molar-refractivity contribution in [2.75, 3.05) is 20.1 Å². The average Bonchev–Trinajstić information content (AvgIpc) is 3.15. The maximum Gasteiger partial charge on any atom is 0.242 e. The fraction of sp³-hybridized carbons (Fsp3) is 0.684. The molecule has 2 fully saturated rings. The number of aromatic amines is 1. The number of nitrogens with one attached hydrogen (secondary N) is 1. The monoisotopic (exact) mass is 395 g/mol. The molecule has 1 unspecified atom stereocenters. The van der Waals surface area contributed by atoms with Crippen LogP contribution < -0.4 is 0 Å². The Balaban J connectivity index is 1.21. The van der Waals surface area contributed by atoms with Gasteiger partial charge in [0.2, 0.25) is 17.5 Å². The molecule has 6 rings (SSSR count). The van der Waals surface area contributed by atoms with E-state index in [2.05, 4.69) is 52.3 Å². The topological polar surface area (TPSA) is 114 Å². The van der Waals surface area contributed by atoms with Crippen molar-refractivity contribution in [2.24, 2.45) is 0 Å². The molecule has 10 heteroatoms. The van der Waals surface area contributed by atoms with Crippen LogP contribution in [-0.4, -0.2) is 65.4 Å². The summed E-state index contributed by atoms with van der Waals surface area (Å²) in [5.74, 6) is 3.30. The SMILES string of the molecule is CN1CCC(n2nnc3c2CC(c2nc(-c4n[nH]c(C5CC5)n4)no2)CC3)CC1. The predicted octanol–water partition coefficient (Wildman–Crippen LogP) is 1.86. The first-order valence-electron chi connectivity index (χ1n) is 10.6. The van der Waals surface area contributed by atoms with Crippen LogP contribution in [0.1, 0.15) is 73.1 Å². The Hall–Kier alpha value is -2.62. The van der Waals surface area contributed by atoms with Crippen molar-refractivity contribution in [1.29, 1.82) is 0 Å². The highest BCUT2D eigenvalue weighted by molar-refractivity contribution is 5.41. The Morgan fingerprint density at radius 2 is 1.86 bits per heavy atom. The van der Waals surface area contributed by atoms with E-state index in [1.165, 1.54) is 18.5 Å². The first kappa shape index (κ1) is 17.3. The quantitative estimate of drug-likeness (QED) is 0.712. The molecule has 1 atom stereocenters. The first-order valence-corrected chi connectivity index (χ1v) is 10.6. The van der Waals surface area contributed by atoms with E-state index in [0.29, 0.717) is 29.5 Å². The molecule has 1 saturated heterocycles. The van der Waals surface area contributed by atoms with Gasteiger partial charge in [-0.05, 0) is 58.7 Å². The van der Waals surface area contributed by atoms with Crippen molar-refractivity contribution in [1.82, 2.24) is 45.2 Å². The molecule has 3 aromatic heterocycles. The lowest BCUT2D eigenvalue weighted by Crippen LogP contribution is -2.33. The van der Waals surface area contributed by atoms with Gasteiger partial charge in [-0.2, -0.15) is 4.98 Å². The zero-order chi connectivity index (χ0) is 19.4. The van der Waals surface area contributed by atoms with Gasteiger partial charge in [-0.3, -0.25) is 5.10 Å². The molecule has 1 aliphatic heterocycles. The lowest BCUT2D eigenvalue weighted by molar-refractivity contribution is 0.207. The number of H-pyrrole nitrogens is 1. The van der Waals surface area contributed by atoms with Crippen LogP contribution in [0.2, 0.25) is 0 Å². The lowest BCUT2D eigenvalue weighted by atomic mass is 9.89. The Morgan fingerprint density at radius 3 is 2.69 bits per heavy atom. The minimum absolute atomic E-state index is 0.189. The van der Waals surface area contributed by atoms with Gasteiger partial charge in [0.1, 0.15) is 5.82 Å².